The second-order valence-electron chi connectivity index (χ2n) is 5.00. The molecule has 2 rings (SSSR count). The van der Waals surface area contributed by atoms with E-state index in [1.807, 2.05) is 0 Å². The van der Waals surface area contributed by atoms with E-state index in [0.717, 1.165) is 0 Å². The fourth-order valence-electron chi connectivity index (χ4n) is 1.36. The Morgan fingerprint density at radius 2 is 2.17 bits per heavy atom. The van der Waals surface area contributed by atoms with Crippen LogP contribution >= 0.6 is 11.6 Å². The van der Waals surface area contributed by atoms with Crippen molar-refractivity contribution in [2.45, 2.75) is 27.5 Å². The summed E-state index contributed by atoms with van der Waals surface area (Å²) >= 11 is 5.82. The van der Waals surface area contributed by atoms with E-state index in [1.165, 1.54) is 0 Å². The number of nitrogens with zero attached hydrogens (tertiary/aromatic N) is 3. The first-order valence-corrected chi connectivity index (χ1v) is 5.90. The lowest BCUT2D eigenvalue weighted by Crippen LogP contribution is -2.23. The zero-order valence-corrected chi connectivity index (χ0v) is 11.2. The minimum atomic E-state index is -0.526. The molecule has 0 atom stereocenters. The molecule has 96 valence electrons. The third-order valence-electron chi connectivity index (χ3n) is 2.38. The molecule has 0 aliphatic carbocycles. The molecular weight excluding hydrogens is 254 g/mol. The summed E-state index contributed by atoms with van der Waals surface area (Å²) < 4.78 is 6.84. The van der Waals surface area contributed by atoms with Gasteiger partial charge < -0.3 is 4.74 Å². The molecule has 5 nitrogen and oxygen atoms in total. The highest BCUT2D eigenvalue weighted by Crippen LogP contribution is 2.17. The number of esters is 1. The van der Waals surface area contributed by atoms with Crippen LogP contribution in [-0.2, 0) is 16.3 Å². The van der Waals surface area contributed by atoms with Crippen LogP contribution in [0.3, 0.4) is 0 Å². The first kappa shape index (κ1) is 12.8. The molecule has 18 heavy (non-hydrogen) atoms. The van der Waals surface area contributed by atoms with Crippen molar-refractivity contribution >= 4 is 28.7 Å². The summed E-state index contributed by atoms with van der Waals surface area (Å²) in [6, 6.07) is 3.44. The van der Waals surface area contributed by atoms with Gasteiger partial charge in [-0.05, 0) is 32.9 Å². The largest absolute Gasteiger partial charge is 0.443 e. The van der Waals surface area contributed by atoms with Crippen LogP contribution in [-0.4, -0.2) is 20.5 Å². The average molecular weight is 268 g/mol. The zero-order valence-electron chi connectivity index (χ0n) is 10.5. The Hall–Kier alpha value is -1.62. The van der Waals surface area contributed by atoms with Gasteiger partial charge in [-0.3, -0.25) is 9.36 Å². The van der Waals surface area contributed by atoms with Crippen molar-refractivity contribution in [1.29, 1.82) is 0 Å². The van der Waals surface area contributed by atoms with E-state index < -0.39 is 5.41 Å². The average Bonchev–Trinajstić information content (AvgIpc) is 2.67. The monoisotopic (exact) mass is 267 g/mol. The molecule has 6 heteroatoms. The predicted octanol–water partition coefficient (Wildman–Crippen LogP) is 2.63. The van der Waals surface area contributed by atoms with Crippen molar-refractivity contribution in [3.63, 3.8) is 0 Å². The zero-order chi connectivity index (χ0) is 13.3. The summed E-state index contributed by atoms with van der Waals surface area (Å²) in [6.07, 6.45) is 1.57. The summed E-state index contributed by atoms with van der Waals surface area (Å²) in [5.41, 5.74) is 0.789. The minimum Gasteiger partial charge on any atom is -0.443 e. The molecule has 0 aliphatic rings. The summed E-state index contributed by atoms with van der Waals surface area (Å²) in [6.45, 7) is 5.49. The molecule has 0 radical (unpaired) electrons. The Bertz CT molecular complexity index is 587. The number of ether oxygens (including phenoxy) is 1. The Labute approximate surface area is 110 Å². The van der Waals surface area contributed by atoms with E-state index in [-0.39, 0.29) is 12.7 Å². The Morgan fingerprint density at radius 1 is 1.44 bits per heavy atom. The minimum absolute atomic E-state index is 0.0833. The van der Waals surface area contributed by atoms with Gasteiger partial charge in [-0.1, -0.05) is 11.6 Å². The number of rotatable bonds is 2. The van der Waals surface area contributed by atoms with Crippen LogP contribution in [0.2, 0.25) is 5.15 Å². The van der Waals surface area contributed by atoms with Crippen molar-refractivity contribution in [2.75, 3.05) is 0 Å². The lowest BCUT2D eigenvalue weighted by atomic mass is 9.98. The number of imidazole rings is 1. The standard InChI is InChI=1S/C12H14ClN3O2/c1-12(2,3)11(17)18-7-16-6-14-8-4-5-9(13)15-10(8)16/h4-6H,7H2,1-3H3. The first-order chi connectivity index (χ1) is 8.38. The van der Waals surface area contributed by atoms with Gasteiger partial charge in [-0.15, -0.1) is 0 Å². The Morgan fingerprint density at radius 3 is 2.83 bits per heavy atom. The number of halogens is 1. The van der Waals surface area contributed by atoms with E-state index >= 15 is 0 Å². The number of carbonyl (C=O) groups excluding carboxylic acids is 1. The van der Waals surface area contributed by atoms with Crippen molar-refractivity contribution in [3.8, 4) is 0 Å². The Kier molecular flexibility index (Phi) is 3.26. The van der Waals surface area contributed by atoms with E-state index in [4.69, 9.17) is 16.3 Å². The maximum absolute atomic E-state index is 11.7. The van der Waals surface area contributed by atoms with Crippen LogP contribution in [0.5, 0.6) is 0 Å². The quantitative estimate of drug-likeness (QED) is 0.620. The highest BCUT2D eigenvalue weighted by atomic mass is 35.5. The normalized spacial score (nSPS) is 11.8. The molecule has 0 N–H and O–H groups in total. The highest BCUT2D eigenvalue weighted by molar-refractivity contribution is 6.29. The van der Waals surface area contributed by atoms with Gasteiger partial charge in [-0.2, -0.15) is 0 Å². The van der Waals surface area contributed by atoms with Crippen LogP contribution in [0.1, 0.15) is 20.8 Å². The van der Waals surface area contributed by atoms with Gasteiger partial charge in [0.15, 0.2) is 12.4 Å². The number of fused-ring (bicyclic) bond motifs is 1. The van der Waals surface area contributed by atoms with Crippen molar-refractivity contribution in [3.05, 3.63) is 23.6 Å². The van der Waals surface area contributed by atoms with Gasteiger partial charge in [-0.25, -0.2) is 9.97 Å². The van der Waals surface area contributed by atoms with Gasteiger partial charge in [0, 0.05) is 0 Å². The number of pyridine rings is 1. The SMILES string of the molecule is CC(C)(C)C(=O)OCn1cnc2ccc(Cl)nc21. The van der Waals surface area contributed by atoms with Gasteiger partial charge in [0.25, 0.3) is 0 Å². The van der Waals surface area contributed by atoms with E-state index in [0.29, 0.717) is 16.3 Å². The molecule has 0 bridgehead atoms. The molecular formula is C12H14ClN3O2. The maximum Gasteiger partial charge on any atom is 0.312 e. The molecule has 0 saturated heterocycles. The highest BCUT2D eigenvalue weighted by Gasteiger charge is 2.23. The third-order valence-corrected chi connectivity index (χ3v) is 2.59. The molecule has 0 amide bonds. The van der Waals surface area contributed by atoms with Gasteiger partial charge in [0.1, 0.15) is 10.7 Å². The van der Waals surface area contributed by atoms with Crippen molar-refractivity contribution < 1.29 is 9.53 Å². The lowest BCUT2D eigenvalue weighted by molar-refractivity contribution is -0.156. The molecule has 0 aromatic carbocycles. The van der Waals surface area contributed by atoms with Gasteiger partial charge in [0.2, 0.25) is 0 Å². The molecule has 2 aromatic heterocycles. The first-order valence-electron chi connectivity index (χ1n) is 5.52. The molecule has 2 aromatic rings. The van der Waals surface area contributed by atoms with Gasteiger partial charge in [0.05, 0.1) is 11.7 Å². The number of hydrogen-bond acceptors (Lipinski definition) is 4. The Balaban J connectivity index is 2.18. The smallest absolute Gasteiger partial charge is 0.312 e. The second-order valence-corrected chi connectivity index (χ2v) is 5.39. The number of aromatic nitrogens is 3. The van der Waals surface area contributed by atoms with Crippen molar-refractivity contribution in [1.82, 2.24) is 14.5 Å². The van der Waals surface area contributed by atoms with E-state index in [2.05, 4.69) is 9.97 Å². The number of hydrogen-bond donors (Lipinski definition) is 0. The van der Waals surface area contributed by atoms with Crippen LogP contribution in [0.4, 0.5) is 0 Å². The fourth-order valence-corrected chi connectivity index (χ4v) is 1.50. The molecule has 2 heterocycles. The summed E-state index contributed by atoms with van der Waals surface area (Å²) in [5.74, 6) is -0.272. The van der Waals surface area contributed by atoms with Gasteiger partial charge >= 0.3 is 5.97 Å². The lowest BCUT2D eigenvalue weighted by Gasteiger charge is -2.16. The molecule has 0 fully saturated rings. The molecule has 0 spiro atoms. The summed E-state index contributed by atoms with van der Waals surface area (Å²) in [5, 5.41) is 0.381. The fraction of sp³-hybridized carbons (Fsp3) is 0.417. The molecule has 0 saturated carbocycles. The summed E-state index contributed by atoms with van der Waals surface area (Å²) in [7, 11) is 0. The van der Waals surface area contributed by atoms with E-state index in [1.54, 1.807) is 43.8 Å². The van der Waals surface area contributed by atoms with Crippen molar-refractivity contribution in [2.24, 2.45) is 5.41 Å². The topological polar surface area (TPSA) is 57.0 Å². The van der Waals surface area contributed by atoms with Crippen LogP contribution in [0.15, 0.2) is 18.5 Å². The summed E-state index contributed by atoms with van der Waals surface area (Å²) in [4.78, 5) is 20.0. The molecule has 0 aliphatic heterocycles. The van der Waals surface area contributed by atoms with Crippen LogP contribution in [0.25, 0.3) is 11.2 Å². The van der Waals surface area contributed by atoms with Crippen LogP contribution in [0, 0.1) is 5.41 Å². The van der Waals surface area contributed by atoms with Crippen LogP contribution < -0.4 is 0 Å². The predicted molar refractivity (Wildman–Crippen MR) is 68.1 cm³/mol. The number of carbonyl (C=O) groups is 1. The maximum atomic E-state index is 11.7. The second kappa shape index (κ2) is 4.57. The van der Waals surface area contributed by atoms with E-state index in [9.17, 15) is 4.79 Å². The third kappa shape index (κ3) is 2.61. The molecule has 0 unspecified atom stereocenters.